The van der Waals surface area contributed by atoms with Gasteiger partial charge in [-0.15, -0.1) is 0 Å². The third-order valence-electron chi connectivity index (χ3n) is 8.75. The molecule has 0 unspecified atom stereocenters. The molecule has 0 fully saturated rings. The first kappa shape index (κ1) is 50.6. The van der Waals surface area contributed by atoms with Crippen molar-refractivity contribution in [2.75, 3.05) is 19.8 Å². The van der Waals surface area contributed by atoms with Crippen LogP contribution in [0.1, 0.15) is 194 Å². The van der Waals surface area contributed by atoms with Crippen molar-refractivity contribution in [3.8, 4) is 0 Å². The monoisotopic (exact) mass is 794 g/mol. The topological polar surface area (TPSA) is 88.1 Å². The van der Waals surface area contributed by atoms with Gasteiger partial charge in [0.15, 0.2) is 6.10 Å². The van der Waals surface area contributed by atoms with Crippen molar-refractivity contribution in [2.24, 2.45) is 0 Å². The normalized spacial score (nSPS) is 12.4. The summed E-state index contributed by atoms with van der Waals surface area (Å²) in [5.74, 6) is -0.816. The van der Waals surface area contributed by atoms with Crippen molar-refractivity contribution in [1.29, 1.82) is 0 Å². The molecule has 0 saturated heterocycles. The van der Waals surface area contributed by atoms with Crippen LogP contribution in [0, 0.1) is 0 Å². The number of carbonyl (C=O) groups is 3. The number of halogens is 3. The third kappa shape index (κ3) is 39.8. The molecule has 0 amide bonds. The average molecular weight is 796 g/mol. The second-order valence-corrected chi connectivity index (χ2v) is 16.4. The number of unbranched alkanes of at least 4 members (excludes halogenated alkanes) is 22. The summed E-state index contributed by atoms with van der Waals surface area (Å²) in [4.78, 5) is 36.9. The van der Waals surface area contributed by atoms with E-state index in [1.165, 1.54) is 89.9 Å². The van der Waals surface area contributed by atoms with Crippen LogP contribution < -0.4 is 0 Å². The minimum atomic E-state index is -1.78. The van der Waals surface area contributed by atoms with E-state index in [1.54, 1.807) is 0 Å². The number of esters is 2. The molecule has 0 aliphatic heterocycles. The van der Waals surface area contributed by atoms with Crippen LogP contribution in [0.15, 0.2) is 24.3 Å². The quantitative estimate of drug-likeness (QED) is 0.0205. The van der Waals surface area contributed by atoms with E-state index in [1.807, 2.05) is 0 Å². The highest BCUT2D eigenvalue weighted by atomic mass is 35.6. The van der Waals surface area contributed by atoms with Crippen LogP contribution in [0.5, 0.6) is 0 Å². The van der Waals surface area contributed by atoms with Crippen molar-refractivity contribution in [3.63, 3.8) is 0 Å². The average Bonchev–Trinajstić information content (AvgIpc) is 3.11. The molecular weight excluding hydrogens is 723 g/mol. The third-order valence-corrected chi connectivity index (χ3v) is 9.08. The minimum Gasteiger partial charge on any atom is -0.462 e. The van der Waals surface area contributed by atoms with Gasteiger partial charge in [-0.05, 0) is 64.2 Å². The first-order valence-corrected chi connectivity index (χ1v) is 21.8. The number of rotatable bonds is 36. The van der Waals surface area contributed by atoms with Gasteiger partial charge < -0.3 is 18.9 Å². The molecule has 0 radical (unpaired) electrons. The van der Waals surface area contributed by atoms with Gasteiger partial charge in [0.1, 0.15) is 19.8 Å². The molecule has 304 valence electrons. The minimum absolute atomic E-state index is 0.222. The molecule has 0 aromatic carbocycles. The van der Waals surface area contributed by atoms with Crippen molar-refractivity contribution in [2.45, 2.75) is 204 Å². The molecular formula is C42H73Cl3O7. The summed E-state index contributed by atoms with van der Waals surface area (Å²) in [5, 5.41) is 0. The van der Waals surface area contributed by atoms with Gasteiger partial charge in [-0.1, -0.05) is 176 Å². The molecule has 0 aromatic heterocycles. The van der Waals surface area contributed by atoms with Crippen LogP contribution in [0.25, 0.3) is 0 Å². The summed E-state index contributed by atoms with van der Waals surface area (Å²) in [7, 11) is 0. The maximum atomic E-state index is 12.6. The molecule has 0 spiro atoms. The van der Waals surface area contributed by atoms with Gasteiger partial charge >= 0.3 is 18.1 Å². The summed E-state index contributed by atoms with van der Waals surface area (Å²) in [6, 6.07) is 0. The van der Waals surface area contributed by atoms with Gasteiger partial charge in [-0.2, -0.15) is 0 Å². The highest BCUT2D eigenvalue weighted by molar-refractivity contribution is 6.67. The molecule has 10 heteroatoms. The Morgan fingerprint density at radius 1 is 0.481 bits per heavy atom. The van der Waals surface area contributed by atoms with E-state index in [9.17, 15) is 14.4 Å². The molecule has 0 rings (SSSR count). The standard InChI is InChI=1S/C42H73Cl3O7/c1-3-5-7-9-11-13-15-17-19-21-23-25-27-29-31-33-39(46)49-35-38(36-50-41(48)51-37-42(43,44)45)52-40(47)34-32-30-28-26-24-22-20-18-16-14-12-10-8-6-4-2/h17-20,38H,3-16,21-37H2,1-2H3/b19-17+,20-18+/t38-/m1/s1. The van der Waals surface area contributed by atoms with E-state index >= 15 is 0 Å². The molecule has 0 aliphatic carbocycles. The zero-order valence-corrected chi connectivity index (χ0v) is 35.1. The van der Waals surface area contributed by atoms with Gasteiger partial charge in [0.2, 0.25) is 3.79 Å². The van der Waals surface area contributed by atoms with Gasteiger partial charge in [0.05, 0.1) is 0 Å². The highest BCUT2D eigenvalue weighted by Crippen LogP contribution is 2.26. The van der Waals surface area contributed by atoms with E-state index in [4.69, 9.17) is 53.8 Å². The van der Waals surface area contributed by atoms with Crippen molar-refractivity contribution < 1.29 is 33.3 Å². The molecule has 7 nitrogen and oxygen atoms in total. The Hall–Kier alpha value is -1.44. The number of hydrogen-bond donors (Lipinski definition) is 0. The van der Waals surface area contributed by atoms with Crippen LogP contribution in [-0.2, 0) is 28.5 Å². The lowest BCUT2D eigenvalue weighted by Gasteiger charge is -2.18. The van der Waals surface area contributed by atoms with E-state index in [2.05, 4.69) is 38.2 Å². The van der Waals surface area contributed by atoms with Gasteiger partial charge in [0, 0.05) is 12.8 Å². The number of carbonyl (C=O) groups excluding carboxylic acids is 3. The first-order chi connectivity index (χ1) is 25.2. The van der Waals surface area contributed by atoms with Crippen LogP contribution >= 0.6 is 34.8 Å². The Bertz CT molecular complexity index is 904. The van der Waals surface area contributed by atoms with E-state index in [0.717, 1.165) is 70.6 Å². The molecule has 0 N–H and O–H groups in total. The van der Waals surface area contributed by atoms with E-state index < -0.39 is 28.6 Å². The second kappa shape index (κ2) is 37.9. The van der Waals surface area contributed by atoms with Crippen molar-refractivity contribution in [1.82, 2.24) is 0 Å². The molecule has 0 bridgehead atoms. The lowest BCUT2D eigenvalue weighted by Crippen LogP contribution is -2.31. The first-order valence-electron chi connectivity index (χ1n) is 20.7. The lowest BCUT2D eigenvalue weighted by molar-refractivity contribution is -0.162. The SMILES string of the molecule is CCCCCCCC/C=C/CCCCCCCC(=O)OC[C@H](COC(=O)OCC(Cl)(Cl)Cl)OC(=O)CCCCCCC/C=C/CCCCCCCC. The van der Waals surface area contributed by atoms with E-state index in [-0.39, 0.29) is 32.0 Å². The summed E-state index contributed by atoms with van der Waals surface area (Å²) < 4.78 is 18.9. The Labute approximate surface area is 332 Å². The maximum Gasteiger partial charge on any atom is 0.508 e. The molecule has 0 saturated carbocycles. The zero-order valence-electron chi connectivity index (χ0n) is 32.8. The smallest absolute Gasteiger partial charge is 0.462 e. The van der Waals surface area contributed by atoms with Crippen molar-refractivity contribution in [3.05, 3.63) is 24.3 Å². The summed E-state index contributed by atoms with van der Waals surface area (Å²) >= 11 is 16.8. The maximum absolute atomic E-state index is 12.6. The predicted octanol–water partition coefficient (Wildman–Crippen LogP) is 14.0. The zero-order chi connectivity index (χ0) is 38.4. The fourth-order valence-electron chi connectivity index (χ4n) is 5.64. The van der Waals surface area contributed by atoms with Gasteiger partial charge in [0.25, 0.3) is 0 Å². The summed E-state index contributed by atoms with van der Waals surface area (Å²) in [6.07, 6.45) is 38.2. The van der Waals surface area contributed by atoms with Crippen LogP contribution in [0.2, 0.25) is 0 Å². The van der Waals surface area contributed by atoms with Crippen LogP contribution in [0.3, 0.4) is 0 Å². The summed E-state index contributed by atoms with van der Waals surface area (Å²) in [6.45, 7) is 3.42. The fraction of sp³-hybridized carbons (Fsp3) is 0.833. The van der Waals surface area contributed by atoms with Gasteiger partial charge in [-0.3, -0.25) is 9.59 Å². The van der Waals surface area contributed by atoms with Crippen molar-refractivity contribution >= 4 is 52.9 Å². The largest absolute Gasteiger partial charge is 0.508 e. The number of ether oxygens (including phenoxy) is 4. The number of alkyl halides is 3. The van der Waals surface area contributed by atoms with E-state index in [0.29, 0.717) is 6.42 Å². The number of allylic oxidation sites excluding steroid dienone is 4. The van der Waals surface area contributed by atoms with Gasteiger partial charge in [-0.25, -0.2) is 4.79 Å². The Balaban J connectivity index is 4.23. The summed E-state index contributed by atoms with van der Waals surface area (Å²) in [5.41, 5.74) is 0. The Kier molecular flexibility index (Phi) is 36.8. The molecule has 0 heterocycles. The molecule has 52 heavy (non-hydrogen) atoms. The molecule has 0 aliphatic rings. The Morgan fingerprint density at radius 2 is 0.846 bits per heavy atom. The fourth-order valence-corrected chi connectivity index (χ4v) is 5.81. The molecule has 0 aromatic rings. The predicted molar refractivity (Wildman–Crippen MR) is 217 cm³/mol. The highest BCUT2D eigenvalue weighted by Gasteiger charge is 2.24. The van der Waals surface area contributed by atoms with Crippen LogP contribution in [0.4, 0.5) is 4.79 Å². The number of hydrogen-bond acceptors (Lipinski definition) is 7. The second-order valence-electron chi connectivity index (χ2n) is 13.9. The molecule has 1 atom stereocenters. The lowest BCUT2D eigenvalue weighted by atomic mass is 10.1. The van der Waals surface area contributed by atoms with Crippen LogP contribution in [-0.4, -0.2) is 47.8 Å². The Morgan fingerprint density at radius 3 is 1.27 bits per heavy atom.